The summed E-state index contributed by atoms with van der Waals surface area (Å²) >= 11 is 0. The molecule has 3 N–H and O–H groups in total. The first-order chi connectivity index (χ1) is 14.2. The number of carbonyl (C=O) groups excluding carboxylic acids is 1. The number of rotatable bonds is 4. The lowest BCUT2D eigenvalue weighted by Crippen LogP contribution is -2.35. The monoisotopic (exact) mass is 420 g/mol. The molecule has 1 aliphatic heterocycles. The normalized spacial score (nSPS) is 19.6. The van der Waals surface area contributed by atoms with Gasteiger partial charge in [0.2, 0.25) is 0 Å². The Bertz CT molecular complexity index is 1030. The highest BCUT2D eigenvalue weighted by molar-refractivity contribution is 6.03. The molecule has 1 aromatic carbocycles. The third kappa shape index (κ3) is 3.90. The van der Waals surface area contributed by atoms with Crippen LogP contribution >= 0.6 is 0 Å². The van der Waals surface area contributed by atoms with Gasteiger partial charge in [-0.3, -0.25) is 4.79 Å². The summed E-state index contributed by atoms with van der Waals surface area (Å²) in [7, 11) is 0. The maximum absolute atomic E-state index is 13.7. The van der Waals surface area contributed by atoms with Crippen molar-refractivity contribution >= 4 is 17.4 Å². The van der Waals surface area contributed by atoms with Crippen LogP contribution in [0.1, 0.15) is 53.3 Å². The number of aliphatic hydroxyl groups excluding tert-OH is 1. The van der Waals surface area contributed by atoms with Crippen molar-refractivity contribution in [2.24, 2.45) is 0 Å². The van der Waals surface area contributed by atoms with Gasteiger partial charge < -0.3 is 20.2 Å². The highest BCUT2D eigenvalue weighted by atomic mass is 19.4. The largest absolute Gasteiger partial charge is 0.467 e. The number of fused-ring (bicyclic) bond motifs is 1. The molecule has 3 aromatic rings. The molecule has 0 unspecified atom stereocenters. The topological polar surface area (TPSA) is 92.3 Å². The van der Waals surface area contributed by atoms with Gasteiger partial charge in [-0.15, -0.1) is 0 Å². The number of aliphatic hydroxyl groups is 1. The van der Waals surface area contributed by atoms with Gasteiger partial charge in [-0.1, -0.05) is 12.1 Å². The summed E-state index contributed by atoms with van der Waals surface area (Å²) in [6.45, 7) is 1.61. The van der Waals surface area contributed by atoms with Crippen LogP contribution in [0, 0.1) is 0 Å². The molecule has 158 valence electrons. The molecular weight excluding hydrogens is 401 g/mol. The van der Waals surface area contributed by atoms with E-state index in [-0.39, 0.29) is 17.9 Å². The third-order valence-corrected chi connectivity index (χ3v) is 4.96. The Kier molecular flexibility index (Phi) is 5.02. The van der Waals surface area contributed by atoms with Gasteiger partial charge in [0.25, 0.3) is 5.91 Å². The summed E-state index contributed by atoms with van der Waals surface area (Å²) < 4.78 is 47.0. The number of hydrogen-bond acceptors (Lipinski definition) is 5. The minimum Gasteiger partial charge on any atom is -0.467 e. The zero-order chi connectivity index (χ0) is 21.5. The van der Waals surface area contributed by atoms with Crippen molar-refractivity contribution in [2.75, 3.05) is 10.6 Å². The Morgan fingerprint density at radius 2 is 2.07 bits per heavy atom. The second kappa shape index (κ2) is 7.52. The van der Waals surface area contributed by atoms with Crippen molar-refractivity contribution in [3.8, 4) is 0 Å². The second-order valence-corrected chi connectivity index (χ2v) is 7.12. The fourth-order valence-electron chi connectivity index (χ4n) is 3.40. The summed E-state index contributed by atoms with van der Waals surface area (Å²) in [5, 5.41) is 19.0. The highest BCUT2D eigenvalue weighted by Crippen LogP contribution is 2.43. The van der Waals surface area contributed by atoms with Crippen molar-refractivity contribution in [3.63, 3.8) is 0 Å². The lowest BCUT2D eigenvalue weighted by Gasteiger charge is -2.32. The van der Waals surface area contributed by atoms with E-state index in [0.717, 1.165) is 4.68 Å². The molecule has 7 nitrogen and oxygen atoms in total. The molecule has 1 aliphatic rings. The summed E-state index contributed by atoms with van der Waals surface area (Å²) in [6.07, 6.45) is -4.11. The van der Waals surface area contributed by atoms with E-state index < -0.39 is 30.3 Å². The van der Waals surface area contributed by atoms with Crippen LogP contribution in [0.5, 0.6) is 0 Å². The zero-order valence-corrected chi connectivity index (χ0v) is 15.8. The number of hydrogen-bond donors (Lipinski definition) is 3. The van der Waals surface area contributed by atoms with Crippen LogP contribution in [0.15, 0.2) is 53.1 Å². The van der Waals surface area contributed by atoms with Crippen molar-refractivity contribution < 1.29 is 27.5 Å². The molecule has 30 heavy (non-hydrogen) atoms. The van der Waals surface area contributed by atoms with Crippen LogP contribution in [-0.4, -0.2) is 27.0 Å². The molecule has 3 atom stereocenters. The summed E-state index contributed by atoms with van der Waals surface area (Å²) in [5.74, 6) is -0.181. The number of aromatic nitrogens is 2. The first kappa shape index (κ1) is 20.0. The van der Waals surface area contributed by atoms with E-state index >= 15 is 0 Å². The molecule has 0 radical (unpaired) electrons. The van der Waals surface area contributed by atoms with Gasteiger partial charge in [0, 0.05) is 18.2 Å². The molecule has 4 rings (SSSR count). The average molecular weight is 420 g/mol. The average Bonchev–Trinajstić information content (AvgIpc) is 3.36. The minimum absolute atomic E-state index is 0.0829. The number of furan rings is 1. The number of anilines is 2. The molecular formula is C20H19F3N4O3. The predicted molar refractivity (Wildman–Crippen MR) is 102 cm³/mol. The van der Waals surface area contributed by atoms with Gasteiger partial charge in [0.1, 0.15) is 11.6 Å². The maximum Gasteiger partial charge on any atom is 0.410 e. The molecule has 3 heterocycles. The van der Waals surface area contributed by atoms with Crippen molar-refractivity contribution in [2.45, 2.75) is 37.7 Å². The Labute approximate surface area is 169 Å². The van der Waals surface area contributed by atoms with E-state index in [2.05, 4.69) is 15.7 Å². The second-order valence-electron chi connectivity index (χ2n) is 7.12. The smallest absolute Gasteiger partial charge is 0.410 e. The number of benzene rings is 1. The van der Waals surface area contributed by atoms with Crippen molar-refractivity contribution in [1.82, 2.24) is 9.78 Å². The van der Waals surface area contributed by atoms with E-state index in [0.29, 0.717) is 17.0 Å². The molecule has 1 amide bonds. The van der Waals surface area contributed by atoms with E-state index in [1.807, 2.05) is 0 Å². The third-order valence-electron chi connectivity index (χ3n) is 4.96. The van der Waals surface area contributed by atoms with Crippen LogP contribution in [0.3, 0.4) is 0 Å². The Morgan fingerprint density at radius 3 is 2.67 bits per heavy atom. The van der Waals surface area contributed by atoms with E-state index in [1.165, 1.54) is 12.3 Å². The van der Waals surface area contributed by atoms with Crippen LogP contribution < -0.4 is 10.6 Å². The lowest BCUT2D eigenvalue weighted by molar-refractivity contribution is -0.174. The van der Waals surface area contributed by atoms with E-state index in [1.54, 1.807) is 43.3 Å². The Morgan fingerprint density at radius 1 is 1.33 bits per heavy atom. The molecule has 0 spiro atoms. The van der Waals surface area contributed by atoms with Crippen LogP contribution in [0.4, 0.5) is 24.7 Å². The summed E-state index contributed by atoms with van der Waals surface area (Å²) in [4.78, 5) is 12.6. The fraction of sp³-hybridized carbons (Fsp3) is 0.300. The molecule has 0 bridgehead atoms. The lowest BCUT2D eigenvalue weighted by atomic mass is 10.0. The standard InChI is InChI=1S/C20H19F3N4O3/c1-11(28)12-4-6-13(7-5-12)24-19(29)15-10-18-25-14(16-3-2-8-30-16)9-17(20(21,22)23)27(18)26-15/h2-8,10-11,14,17,25,28H,9H2,1H3,(H,24,29)/t11-,14-,17-/m0/s1. The number of nitrogens with one attached hydrogen (secondary N) is 2. The van der Waals surface area contributed by atoms with Crippen LogP contribution in [-0.2, 0) is 0 Å². The Balaban J connectivity index is 1.59. The number of nitrogens with zero attached hydrogens (tertiary/aromatic N) is 2. The van der Waals surface area contributed by atoms with Gasteiger partial charge in [0.15, 0.2) is 11.7 Å². The first-order valence-corrected chi connectivity index (χ1v) is 9.28. The maximum atomic E-state index is 13.7. The molecule has 0 fully saturated rings. The number of carbonyl (C=O) groups is 1. The Hall–Kier alpha value is -3.27. The molecule has 0 saturated heterocycles. The SMILES string of the molecule is C[C@H](O)c1ccc(NC(=O)c2cc3n(n2)[C@H](C(F)(F)F)C[C@@H](c2ccco2)N3)cc1. The van der Waals surface area contributed by atoms with Crippen LogP contribution in [0.2, 0.25) is 0 Å². The molecule has 2 aromatic heterocycles. The van der Waals surface area contributed by atoms with Gasteiger partial charge >= 0.3 is 6.18 Å². The molecule has 0 saturated carbocycles. The minimum atomic E-state index is -4.54. The van der Waals surface area contributed by atoms with Gasteiger partial charge in [-0.25, -0.2) is 4.68 Å². The van der Waals surface area contributed by atoms with Crippen molar-refractivity contribution in [1.29, 1.82) is 0 Å². The zero-order valence-electron chi connectivity index (χ0n) is 15.8. The number of amides is 1. The van der Waals surface area contributed by atoms with E-state index in [4.69, 9.17) is 4.42 Å². The summed E-state index contributed by atoms with van der Waals surface area (Å²) in [6, 6.07) is 8.39. The number of halogens is 3. The quantitative estimate of drug-likeness (QED) is 0.580. The van der Waals surface area contributed by atoms with Crippen molar-refractivity contribution in [3.05, 3.63) is 65.7 Å². The van der Waals surface area contributed by atoms with Crippen LogP contribution in [0.25, 0.3) is 0 Å². The fourth-order valence-corrected chi connectivity index (χ4v) is 3.40. The highest BCUT2D eigenvalue weighted by Gasteiger charge is 2.47. The van der Waals surface area contributed by atoms with Gasteiger partial charge in [0.05, 0.1) is 18.4 Å². The molecule has 10 heteroatoms. The summed E-state index contributed by atoms with van der Waals surface area (Å²) in [5.41, 5.74) is 0.960. The first-order valence-electron chi connectivity index (χ1n) is 9.28. The van der Waals surface area contributed by atoms with Gasteiger partial charge in [-0.2, -0.15) is 18.3 Å². The van der Waals surface area contributed by atoms with E-state index in [9.17, 15) is 23.1 Å². The van der Waals surface area contributed by atoms with Gasteiger partial charge in [-0.05, 0) is 36.8 Å². The predicted octanol–water partition coefficient (Wildman–Crippen LogP) is 4.44. The number of alkyl halides is 3. The molecule has 0 aliphatic carbocycles.